The minimum absolute atomic E-state index is 0.0704. The van der Waals surface area contributed by atoms with Gasteiger partial charge in [-0.1, -0.05) is 29.8 Å². The number of alkyl halides is 2. The molecule has 2 nitrogen and oxygen atoms in total. The minimum Gasteiger partial charge on any atom is -0.477 e. The van der Waals surface area contributed by atoms with Crippen LogP contribution in [0.25, 0.3) is 0 Å². The van der Waals surface area contributed by atoms with Crippen LogP contribution < -0.4 is 0 Å². The molecule has 1 N–H and O–H groups in total. The second-order valence-corrected chi connectivity index (χ2v) is 3.50. The number of benzene rings is 1. The summed E-state index contributed by atoms with van der Waals surface area (Å²) in [5.74, 6) is -5.70. The lowest BCUT2D eigenvalue weighted by atomic mass is 10.0. The quantitative estimate of drug-likeness (QED) is 0.836. The number of halogens is 2. The van der Waals surface area contributed by atoms with Gasteiger partial charge in [-0.05, 0) is 18.9 Å². The fraction of sp³-hybridized carbons (Fsp3) is 0.364. The Morgan fingerprint density at radius 2 is 2.13 bits per heavy atom. The van der Waals surface area contributed by atoms with E-state index in [1.807, 2.05) is 13.0 Å². The average molecular weight is 214 g/mol. The molecule has 0 heterocycles. The number of carboxylic acid groups (broad SMARTS) is 1. The molecule has 0 radical (unpaired) electrons. The van der Waals surface area contributed by atoms with Gasteiger partial charge in [-0.2, -0.15) is 8.78 Å². The number of rotatable bonds is 4. The van der Waals surface area contributed by atoms with E-state index in [2.05, 4.69) is 0 Å². The molecule has 0 bridgehead atoms. The summed E-state index contributed by atoms with van der Waals surface area (Å²) in [5, 5.41) is 8.22. The number of carboxylic acids is 1. The Labute approximate surface area is 86.5 Å². The van der Waals surface area contributed by atoms with Gasteiger partial charge in [0.25, 0.3) is 0 Å². The van der Waals surface area contributed by atoms with Crippen molar-refractivity contribution in [3.8, 4) is 0 Å². The van der Waals surface area contributed by atoms with Gasteiger partial charge in [0.05, 0.1) is 0 Å². The molecule has 15 heavy (non-hydrogen) atoms. The molecule has 4 heteroatoms. The molecular formula is C11H12F2O2. The molecule has 0 fully saturated rings. The van der Waals surface area contributed by atoms with E-state index in [4.69, 9.17) is 5.11 Å². The summed E-state index contributed by atoms with van der Waals surface area (Å²) in [7, 11) is 0. The molecule has 0 aliphatic carbocycles. The highest BCUT2D eigenvalue weighted by Gasteiger charge is 2.37. The molecular weight excluding hydrogens is 202 g/mol. The molecule has 1 aromatic rings. The molecule has 0 aliphatic rings. The van der Waals surface area contributed by atoms with Crippen molar-refractivity contribution in [2.75, 3.05) is 0 Å². The molecule has 0 saturated carbocycles. The van der Waals surface area contributed by atoms with Crippen LogP contribution in [-0.2, 0) is 11.2 Å². The third-order valence-electron chi connectivity index (χ3n) is 2.12. The Bertz CT molecular complexity index is 361. The van der Waals surface area contributed by atoms with Gasteiger partial charge in [0.2, 0.25) is 0 Å². The van der Waals surface area contributed by atoms with Gasteiger partial charge >= 0.3 is 11.9 Å². The van der Waals surface area contributed by atoms with Crippen LogP contribution in [0.2, 0.25) is 0 Å². The zero-order valence-electron chi connectivity index (χ0n) is 8.34. The maximum absolute atomic E-state index is 12.7. The third kappa shape index (κ3) is 3.31. The Kier molecular flexibility index (Phi) is 3.39. The first-order valence-electron chi connectivity index (χ1n) is 4.58. The van der Waals surface area contributed by atoms with Gasteiger partial charge in [0.15, 0.2) is 0 Å². The first-order valence-corrected chi connectivity index (χ1v) is 4.58. The zero-order valence-corrected chi connectivity index (χ0v) is 8.34. The van der Waals surface area contributed by atoms with Gasteiger partial charge in [-0.25, -0.2) is 4.79 Å². The summed E-state index contributed by atoms with van der Waals surface area (Å²) >= 11 is 0. The van der Waals surface area contributed by atoms with Gasteiger partial charge in [-0.3, -0.25) is 0 Å². The summed E-state index contributed by atoms with van der Waals surface area (Å²) < 4.78 is 25.5. The van der Waals surface area contributed by atoms with Gasteiger partial charge < -0.3 is 5.11 Å². The molecule has 0 aliphatic heterocycles. The number of carbonyl (C=O) groups is 1. The summed E-state index contributed by atoms with van der Waals surface area (Å²) in [6.45, 7) is 1.86. The van der Waals surface area contributed by atoms with Gasteiger partial charge in [0, 0.05) is 6.42 Å². The van der Waals surface area contributed by atoms with Gasteiger partial charge in [0.1, 0.15) is 0 Å². The summed E-state index contributed by atoms with van der Waals surface area (Å²) in [5.41, 5.74) is 1.71. The van der Waals surface area contributed by atoms with Crippen molar-refractivity contribution in [1.82, 2.24) is 0 Å². The van der Waals surface area contributed by atoms with Gasteiger partial charge in [-0.15, -0.1) is 0 Å². The predicted molar refractivity (Wildman–Crippen MR) is 52.1 cm³/mol. The van der Waals surface area contributed by atoms with Crippen LogP contribution in [0, 0.1) is 6.92 Å². The van der Waals surface area contributed by atoms with Crippen LogP contribution >= 0.6 is 0 Å². The van der Waals surface area contributed by atoms with Crippen LogP contribution in [0.5, 0.6) is 0 Å². The lowest BCUT2D eigenvalue weighted by Gasteiger charge is -2.10. The molecule has 0 spiro atoms. The van der Waals surface area contributed by atoms with E-state index in [0.29, 0.717) is 0 Å². The highest BCUT2D eigenvalue weighted by molar-refractivity contribution is 5.75. The molecule has 82 valence electrons. The summed E-state index contributed by atoms with van der Waals surface area (Å²) in [6.07, 6.45) is -0.591. The van der Waals surface area contributed by atoms with Crippen molar-refractivity contribution in [3.05, 3.63) is 35.4 Å². The fourth-order valence-electron chi connectivity index (χ4n) is 1.28. The SMILES string of the molecule is Cc1cccc(CCC(F)(F)C(=O)O)c1. The van der Waals surface area contributed by atoms with E-state index in [0.717, 1.165) is 11.1 Å². The highest BCUT2D eigenvalue weighted by Crippen LogP contribution is 2.21. The van der Waals surface area contributed by atoms with Crippen molar-refractivity contribution >= 4 is 5.97 Å². The maximum Gasteiger partial charge on any atom is 0.374 e. The van der Waals surface area contributed by atoms with E-state index in [1.54, 1.807) is 18.2 Å². The first-order chi connectivity index (χ1) is 6.92. The van der Waals surface area contributed by atoms with E-state index in [-0.39, 0.29) is 6.42 Å². The fourth-order valence-corrected chi connectivity index (χ4v) is 1.28. The smallest absolute Gasteiger partial charge is 0.374 e. The molecule has 1 aromatic carbocycles. The average Bonchev–Trinajstić information content (AvgIpc) is 2.15. The summed E-state index contributed by atoms with van der Waals surface area (Å²) in [4.78, 5) is 10.2. The van der Waals surface area contributed by atoms with Crippen LogP contribution in [0.4, 0.5) is 8.78 Å². The number of aliphatic carboxylic acids is 1. The van der Waals surface area contributed by atoms with Crippen molar-refractivity contribution in [2.24, 2.45) is 0 Å². The standard InChI is InChI=1S/C11H12F2O2/c1-8-3-2-4-9(7-8)5-6-11(12,13)10(14)15/h2-4,7H,5-6H2,1H3,(H,14,15). The van der Waals surface area contributed by atoms with E-state index < -0.39 is 18.3 Å². The molecule has 0 saturated heterocycles. The normalized spacial score (nSPS) is 11.4. The number of hydrogen-bond donors (Lipinski definition) is 1. The predicted octanol–water partition coefficient (Wildman–Crippen LogP) is 2.65. The van der Waals surface area contributed by atoms with Crippen molar-refractivity contribution in [1.29, 1.82) is 0 Å². The summed E-state index contributed by atoms with van der Waals surface area (Å²) in [6, 6.07) is 7.12. The van der Waals surface area contributed by atoms with Crippen LogP contribution in [0.1, 0.15) is 17.5 Å². The maximum atomic E-state index is 12.7. The Balaban J connectivity index is 2.61. The molecule has 0 aromatic heterocycles. The number of hydrogen-bond acceptors (Lipinski definition) is 1. The van der Waals surface area contributed by atoms with E-state index >= 15 is 0 Å². The second kappa shape index (κ2) is 4.38. The largest absolute Gasteiger partial charge is 0.477 e. The monoisotopic (exact) mass is 214 g/mol. The third-order valence-corrected chi connectivity index (χ3v) is 2.12. The number of aryl methyl sites for hydroxylation is 2. The highest BCUT2D eigenvalue weighted by atomic mass is 19.3. The molecule has 0 atom stereocenters. The van der Waals surface area contributed by atoms with Crippen molar-refractivity contribution in [3.63, 3.8) is 0 Å². The molecule has 0 amide bonds. The van der Waals surface area contributed by atoms with Crippen LogP contribution in [-0.4, -0.2) is 17.0 Å². The van der Waals surface area contributed by atoms with Crippen molar-refractivity contribution < 1.29 is 18.7 Å². The topological polar surface area (TPSA) is 37.3 Å². The molecule has 0 unspecified atom stereocenters. The Morgan fingerprint density at radius 1 is 1.47 bits per heavy atom. The lowest BCUT2D eigenvalue weighted by molar-refractivity contribution is -0.165. The van der Waals surface area contributed by atoms with Crippen LogP contribution in [0.3, 0.4) is 0 Å². The Hall–Kier alpha value is -1.45. The minimum atomic E-state index is -3.64. The molecule has 1 rings (SSSR count). The van der Waals surface area contributed by atoms with Crippen molar-refractivity contribution in [2.45, 2.75) is 25.7 Å². The van der Waals surface area contributed by atoms with E-state index in [9.17, 15) is 13.6 Å². The Morgan fingerprint density at radius 3 is 2.67 bits per heavy atom. The van der Waals surface area contributed by atoms with E-state index in [1.165, 1.54) is 0 Å². The second-order valence-electron chi connectivity index (χ2n) is 3.50. The van der Waals surface area contributed by atoms with Crippen LogP contribution in [0.15, 0.2) is 24.3 Å². The first kappa shape index (κ1) is 11.6. The zero-order chi connectivity index (χ0) is 11.5. The lowest BCUT2D eigenvalue weighted by Crippen LogP contribution is -2.28.